The molecule has 1 heterocycles. The van der Waals surface area contributed by atoms with E-state index in [0.29, 0.717) is 22.1 Å². The van der Waals surface area contributed by atoms with Gasteiger partial charge in [0, 0.05) is 16.1 Å². The van der Waals surface area contributed by atoms with E-state index in [1.165, 1.54) is 13.2 Å². The maximum atomic E-state index is 11.7. The van der Waals surface area contributed by atoms with E-state index < -0.39 is 22.1 Å². The lowest BCUT2D eigenvalue weighted by atomic mass is 9.89. The van der Waals surface area contributed by atoms with Gasteiger partial charge in [0.2, 0.25) is 6.10 Å². The predicted molar refractivity (Wildman–Crippen MR) is 88.4 cm³/mol. The second kappa shape index (κ2) is 6.12. The smallest absolute Gasteiger partial charge is 0.364 e. The number of aliphatic hydroxyl groups excluding tert-OH is 1. The molecule has 0 spiro atoms. The molecule has 8 heteroatoms. The Balaban J connectivity index is 2.14. The maximum absolute atomic E-state index is 11.7. The molecule has 0 saturated carbocycles. The molecule has 0 aliphatic carbocycles. The van der Waals surface area contributed by atoms with Gasteiger partial charge in [-0.2, -0.15) is 0 Å². The number of halogens is 2. The average Bonchev–Trinajstić information content (AvgIpc) is 2.58. The number of benzene rings is 2. The van der Waals surface area contributed by atoms with Crippen LogP contribution in [0.25, 0.3) is 0 Å². The number of hydrogen-bond acceptors (Lipinski definition) is 5. The van der Waals surface area contributed by atoms with Crippen molar-refractivity contribution >= 4 is 23.2 Å². The van der Waals surface area contributed by atoms with Gasteiger partial charge in [0.25, 0.3) is 0 Å². The van der Waals surface area contributed by atoms with Gasteiger partial charge >= 0.3 is 5.00 Å². The molecule has 0 bridgehead atoms. The first-order chi connectivity index (χ1) is 11.4. The molecule has 24 heavy (non-hydrogen) atoms. The van der Waals surface area contributed by atoms with Gasteiger partial charge in [-0.3, -0.25) is 10.1 Å². The van der Waals surface area contributed by atoms with Crippen molar-refractivity contribution in [2.45, 2.75) is 17.2 Å². The molecule has 6 nitrogen and oxygen atoms in total. The maximum Gasteiger partial charge on any atom is 0.364 e. The molecule has 0 fully saturated rings. The summed E-state index contributed by atoms with van der Waals surface area (Å²) in [6.07, 6.45) is -2.78. The SMILES string of the molecule is COc1ccc2c(c1)C(O)C(Cl)([N+](=O)[O-])C(c1ccc(Cl)cc1)O2. The van der Waals surface area contributed by atoms with E-state index in [-0.39, 0.29) is 5.56 Å². The molecule has 126 valence electrons. The summed E-state index contributed by atoms with van der Waals surface area (Å²) in [6, 6.07) is 11.0. The lowest BCUT2D eigenvalue weighted by molar-refractivity contribution is -0.570. The molecule has 3 atom stereocenters. The molecular formula is C16H13Cl2NO5. The third kappa shape index (κ3) is 2.56. The molecule has 0 radical (unpaired) electrons. The summed E-state index contributed by atoms with van der Waals surface area (Å²) in [5, 5.41) is 22.8. The van der Waals surface area contributed by atoms with Crippen LogP contribution in [-0.2, 0) is 0 Å². The Bertz CT molecular complexity index is 783. The van der Waals surface area contributed by atoms with Crippen LogP contribution in [0.5, 0.6) is 11.5 Å². The van der Waals surface area contributed by atoms with Crippen molar-refractivity contribution < 1.29 is 19.5 Å². The number of nitrogens with zero attached hydrogens (tertiary/aromatic N) is 1. The zero-order chi connectivity index (χ0) is 17.5. The molecule has 3 rings (SSSR count). The number of methoxy groups -OCH3 is 1. The van der Waals surface area contributed by atoms with Crippen molar-refractivity contribution in [1.82, 2.24) is 0 Å². The molecule has 1 aliphatic rings. The molecule has 1 aliphatic heterocycles. The quantitative estimate of drug-likeness (QED) is 0.385. The van der Waals surface area contributed by atoms with Crippen molar-refractivity contribution in [1.29, 1.82) is 0 Å². The van der Waals surface area contributed by atoms with Gasteiger partial charge in [0.05, 0.1) is 12.0 Å². The number of alkyl halides is 1. The van der Waals surface area contributed by atoms with Crippen LogP contribution >= 0.6 is 23.2 Å². The lowest BCUT2D eigenvalue weighted by Gasteiger charge is -2.37. The minimum Gasteiger partial charge on any atom is -0.497 e. The van der Waals surface area contributed by atoms with Crippen LogP contribution in [0.1, 0.15) is 23.3 Å². The van der Waals surface area contributed by atoms with E-state index in [1.807, 2.05) is 0 Å². The Morgan fingerprint density at radius 3 is 2.54 bits per heavy atom. The number of rotatable bonds is 3. The second-order valence-corrected chi connectivity index (χ2v) is 6.38. The van der Waals surface area contributed by atoms with Gasteiger partial charge in [-0.15, -0.1) is 0 Å². The second-order valence-electron chi connectivity index (χ2n) is 5.34. The summed E-state index contributed by atoms with van der Waals surface area (Å²) < 4.78 is 10.9. The van der Waals surface area contributed by atoms with Crippen LogP contribution < -0.4 is 9.47 Å². The molecule has 1 N–H and O–H groups in total. The van der Waals surface area contributed by atoms with Crippen LogP contribution in [0.3, 0.4) is 0 Å². The van der Waals surface area contributed by atoms with Crippen molar-refractivity contribution in [3.63, 3.8) is 0 Å². The summed E-state index contributed by atoms with van der Waals surface area (Å²) >= 11 is 12.1. The molecule has 0 aromatic heterocycles. The van der Waals surface area contributed by atoms with Crippen LogP contribution in [0.15, 0.2) is 42.5 Å². The lowest BCUT2D eigenvalue weighted by Crippen LogP contribution is -2.49. The number of nitro groups is 1. The fourth-order valence-corrected chi connectivity index (χ4v) is 3.09. The molecular weight excluding hydrogens is 357 g/mol. The monoisotopic (exact) mass is 369 g/mol. The van der Waals surface area contributed by atoms with Crippen molar-refractivity contribution in [2.24, 2.45) is 0 Å². The first kappa shape index (κ1) is 16.8. The Hall–Kier alpha value is -2.02. The Labute approximate surface area is 147 Å². The van der Waals surface area contributed by atoms with Gasteiger partial charge < -0.3 is 14.6 Å². The summed E-state index contributed by atoms with van der Waals surface area (Å²) in [6.45, 7) is 0. The van der Waals surface area contributed by atoms with E-state index in [4.69, 9.17) is 32.7 Å². The number of aliphatic hydroxyl groups is 1. The van der Waals surface area contributed by atoms with Gasteiger partial charge in [-0.05, 0) is 41.9 Å². The predicted octanol–water partition coefficient (Wildman–Crippen LogP) is 3.73. The fourth-order valence-electron chi connectivity index (χ4n) is 2.68. The molecule has 3 unspecified atom stereocenters. The summed E-state index contributed by atoms with van der Waals surface area (Å²) in [5.74, 6) is 0.741. The Morgan fingerprint density at radius 2 is 1.96 bits per heavy atom. The van der Waals surface area contributed by atoms with E-state index in [1.54, 1.807) is 36.4 Å². The van der Waals surface area contributed by atoms with E-state index in [9.17, 15) is 15.2 Å². The third-order valence-corrected chi connectivity index (χ3v) is 4.76. The standard InChI is InChI=1S/C16H13Cl2NO5/c1-23-11-6-7-13-12(8-11)14(20)16(18,19(21)22)15(24-13)9-2-4-10(17)5-3-9/h2-8,14-15,20H,1H3. The summed E-state index contributed by atoms with van der Waals surface area (Å²) in [5.41, 5.74) is 0.637. The Kier molecular flexibility index (Phi) is 4.29. The molecule has 0 amide bonds. The van der Waals surface area contributed by atoms with Crippen molar-refractivity contribution in [3.05, 3.63) is 68.7 Å². The van der Waals surface area contributed by atoms with E-state index in [2.05, 4.69) is 0 Å². The highest BCUT2D eigenvalue weighted by Crippen LogP contribution is 2.52. The molecule has 2 aromatic rings. The zero-order valence-electron chi connectivity index (χ0n) is 12.5. The fraction of sp³-hybridized carbons (Fsp3) is 0.250. The van der Waals surface area contributed by atoms with Crippen molar-refractivity contribution in [3.8, 4) is 11.5 Å². The first-order valence-electron chi connectivity index (χ1n) is 6.99. The van der Waals surface area contributed by atoms with Crippen LogP contribution in [0, 0.1) is 10.1 Å². The van der Waals surface area contributed by atoms with Crippen LogP contribution in [0.2, 0.25) is 5.02 Å². The van der Waals surface area contributed by atoms with Gasteiger partial charge in [-0.25, -0.2) is 0 Å². The van der Waals surface area contributed by atoms with Crippen LogP contribution in [0.4, 0.5) is 0 Å². The van der Waals surface area contributed by atoms with Gasteiger partial charge in [0.15, 0.2) is 6.10 Å². The normalized spacial score (nSPS) is 25.5. The largest absolute Gasteiger partial charge is 0.497 e. The minimum absolute atomic E-state index is 0.200. The highest BCUT2D eigenvalue weighted by atomic mass is 35.5. The molecule has 2 aromatic carbocycles. The van der Waals surface area contributed by atoms with E-state index >= 15 is 0 Å². The van der Waals surface area contributed by atoms with Gasteiger partial charge in [0.1, 0.15) is 11.5 Å². The van der Waals surface area contributed by atoms with Gasteiger partial charge in [-0.1, -0.05) is 23.7 Å². The summed E-state index contributed by atoms with van der Waals surface area (Å²) in [7, 11) is 1.45. The van der Waals surface area contributed by atoms with Crippen LogP contribution in [-0.4, -0.2) is 22.1 Å². The topological polar surface area (TPSA) is 81.8 Å². The highest BCUT2D eigenvalue weighted by molar-refractivity contribution is 6.30. The Morgan fingerprint density at radius 1 is 1.29 bits per heavy atom. The third-order valence-electron chi connectivity index (χ3n) is 3.96. The minimum atomic E-state index is -2.28. The van der Waals surface area contributed by atoms with E-state index in [0.717, 1.165) is 0 Å². The zero-order valence-corrected chi connectivity index (χ0v) is 14.0. The number of fused-ring (bicyclic) bond motifs is 1. The summed E-state index contributed by atoms with van der Waals surface area (Å²) in [4.78, 5) is 8.66. The first-order valence-corrected chi connectivity index (χ1v) is 7.75. The highest BCUT2D eigenvalue weighted by Gasteiger charge is 2.61. The number of hydrogen-bond donors (Lipinski definition) is 1. The average molecular weight is 370 g/mol. The number of ether oxygens (including phenoxy) is 2. The molecule has 0 saturated heterocycles. The van der Waals surface area contributed by atoms with Crippen molar-refractivity contribution in [2.75, 3.05) is 7.11 Å².